The molecule has 5 aromatic carbocycles. The van der Waals surface area contributed by atoms with Crippen molar-refractivity contribution < 1.29 is 33.4 Å². The third-order valence-corrected chi connectivity index (χ3v) is 16.1. The van der Waals surface area contributed by atoms with Crippen molar-refractivity contribution in [3.05, 3.63) is 286 Å². The lowest BCUT2D eigenvalue weighted by atomic mass is 9.77. The van der Waals surface area contributed by atoms with Gasteiger partial charge in [0.25, 0.3) is 0 Å². The van der Waals surface area contributed by atoms with Crippen LogP contribution in [0.4, 0.5) is 0 Å². The number of methoxy groups -OCH3 is 1. The van der Waals surface area contributed by atoms with E-state index in [0.29, 0.717) is 31.7 Å². The van der Waals surface area contributed by atoms with E-state index in [1.54, 1.807) is 130 Å². The van der Waals surface area contributed by atoms with Gasteiger partial charge in [-0.2, -0.15) is 9.69 Å². The van der Waals surface area contributed by atoms with Gasteiger partial charge in [-0.25, -0.2) is 17.9 Å². The number of carbonyl (C=O) groups is 4. The molecule has 5 aromatic rings. The molecule has 1 aliphatic heterocycles. The monoisotopic (exact) mass is 1260 g/mol. The maximum Gasteiger partial charge on any atom is 0.628 e. The number of halogens is 5. The average Bonchev–Trinajstić information content (AvgIpc) is 1.74. The van der Waals surface area contributed by atoms with Gasteiger partial charge in [-0.05, 0) is 143 Å². The summed E-state index contributed by atoms with van der Waals surface area (Å²) < 4.78 is 15.3. The molecule has 1 heterocycles. The minimum Gasteiger partial charge on any atom is -0.461 e. The summed E-state index contributed by atoms with van der Waals surface area (Å²) in [7, 11) is 1.44. The van der Waals surface area contributed by atoms with Crippen molar-refractivity contribution in [2.24, 2.45) is 0 Å². The van der Waals surface area contributed by atoms with E-state index in [1.165, 1.54) is 13.2 Å². The highest BCUT2D eigenvalue weighted by atomic mass is 35.5. The van der Waals surface area contributed by atoms with E-state index >= 15 is 0 Å². The van der Waals surface area contributed by atoms with Crippen LogP contribution in [0.15, 0.2) is 210 Å². The molecule has 2 amide bonds. The number of rotatable bonds is 22. The highest BCUT2D eigenvalue weighted by Crippen LogP contribution is 2.42. The highest BCUT2D eigenvalue weighted by Gasteiger charge is 2.64. The van der Waals surface area contributed by atoms with Crippen LogP contribution < -0.4 is 5.32 Å². The second-order valence-corrected chi connectivity index (χ2v) is 22.6. The molecule has 0 radical (unpaired) electrons. The van der Waals surface area contributed by atoms with Gasteiger partial charge in [-0.15, -0.1) is 39.5 Å². The Hall–Kier alpha value is -7.29. The highest BCUT2D eigenvalue weighted by molar-refractivity contribution is 6.31. The number of benzene rings is 5. The summed E-state index contributed by atoms with van der Waals surface area (Å²) in [6.45, 7) is 53.4. The smallest absolute Gasteiger partial charge is 0.461 e. The number of nitrogens with zero attached hydrogens (tertiary/aromatic N) is 3. The molecule has 1 fully saturated rings. The van der Waals surface area contributed by atoms with E-state index in [4.69, 9.17) is 85.4 Å². The van der Waals surface area contributed by atoms with Gasteiger partial charge in [-0.1, -0.05) is 168 Å². The van der Waals surface area contributed by atoms with Crippen molar-refractivity contribution in [2.75, 3.05) is 40.1 Å². The lowest BCUT2D eigenvalue weighted by Crippen LogP contribution is -2.46. The van der Waals surface area contributed by atoms with Gasteiger partial charge in [0, 0.05) is 51.9 Å². The number of Topliss-reactive ketones (excluding diaryl/α,β-unsaturated/α-hetero) is 1. The van der Waals surface area contributed by atoms with Crippen LogP contribution in [0.2, 0.25) is 25.1 Å². The second kappa shape index (κ2) is 35.4. The van der Waals surface area contributed by atoms with Crippen LogP contribution in [0.5, 0.6) is 0 Å². The largest absolute Gasteiger partial charge is 0.628 e. The molecule has 11 nitrogen and oxygen atoms in total. The molecule has 0 aromatic heterocycles. The lowest BCUT2D eigenvalue weighted by molar-refractivity contribution is -0.146. The van der Waals surface area contributed by atoms with E-state index in [2.05, 4.69) is 61.1 Å². The first-order chi connectivity index (χ1) is 40.7. The molecule has 1 N–H and O–H groups in total. The average molecular weight is 1260 g/mol. The summed E-state index contributed by atoms with van der Waals surface area (Å²) in [6.07, 6.45) is 13.5. The topological polar surface area (TPSA) is 120 Å². The van der Waals surface area contributed by atoms with Crippen LogP contribution in [0.3, 0.4) is 0 Å². The Bertz CT molecular complexity index is 3110. The number of carbonyl (C=O) groups excluding carboxylic acids is 4. The molecular weight excluding hydrogens is 1190 g/mol. The van der Waals surface area contributed by atoms with E-state index in [-0.39, 0.29) is 37.0 Å². The quantitative estimate of drug-likeness (QED) is 0.0317. The van der Waals surface area contributed by atoms with Crippen molar-refractivity contribution in [2.45, 2.75) is 87.3 Å². The summed E-state index contributed by atoms with van der Waals surface area (Å²) in [5.74, 6) is -2.00. The fourth-order valence-corrected chi connectivity index (χ4v) is 9.00. The number of hydrogen-bond acceptors (Lipinski definition) is 7. The van der Waals surface area contributed by atoms with E-state index in [9.17, 15) is 19.2 Å². The molecule has 86 heavy (non-hydrogen) atoms. The number of likely N-dealkylation sites (tertiary alicyclic amines) is 1. The summed E-state index contributed by atoms with van der Waals surface area (Å²) in [4.78, 5) is 56.9. The predicted molar refractivity (Wildman–Crippen MR) is 355 cm³/mol. The number of esters is 1. The molecule has 0 bridgehead atoms. The van der Waals surface area contributed by atoms with Crippen molar-refractivity contribution >= 4 is 81.6 Å². The molecule has 0 unspecified atom stereocenters. The molecule has 0 aliphatic carbocycles. The van der Waals surface area contributed by atoms with Crippen molar-refractivity contribution in [1.29, 1.82) is 0 Å². The van der Waals surface area contributed by atoms with E-state index in [0.717, 1.165) is 53.7 Å². The summed E-state index contributed by atoms with van der Waals surface area (Å²) in [5, 5.41) is 5.97. The number of ketones is 1. The Morgan fingerprint density at radius 1 is 0.535 bits per heavy atom. The first kappa shape index (κ1) is 74.8. The molecule has 16 heteroatoms. The van der Waals surface area contributed by atoms with E-state index < -0.39 is 32.9 Å². The Kier molecular flexibility index (Phi) is 30.8. The van der Waals surface area contributed by atoms with Gasteiger partial charge in [0.2, 0.25) is 17.2 Å². The van der Waals surface area contributed by atoms with Crippen molar-refractivity contribution in [1.82, 2.24) is 10.2 Å². The molecule has 0 spiro atoms. The molecule has 1 aliphatic rings. The Morgan fingerprint density at radius 3 is 1.20 bits per heavy atom. The van der Waals surface area contributed by atoms with Crippen LogP contribution in [-0.2, 0) is 60.5 Å². The number of ether oxygens (including phenoxy) is 3. The minimum atomic E-state index is -1.77. The molecule has 454 valence electrons. The first-order valence-corrected chi connectivity index (χ1v) is 28.9. The SMILES string of the molecule is C=CCNC(=O)[C@@](C)(C=C)c1ccc(Cl)cc1.C=CCOC(=O)[C@@](C)(C=C)c1ccc(Cl)cc1.C=C[C@](C)(C(=O)N1CCCC1)c1ccc(Cl)cc1.C=C[C@](C)(C(C)=O)c1ccc(Cl)cc1.[C-]#[N+]C([N+]#[C-])(OCOC)[C@@](C)(C=C)c1ccc(Cl)cc1. The molecule has 0 saturated carbocycles. The Balaban J connectivity index is 0.000000368. The second-order valence-electron chi connectivity index (χ2n) is 20.4. The van der Waals surface area contributed by atoms with Crippen molar-refractivity contribution in [3.8, 4) is 0 Å². The van der Waals surface area contributed by atoms with Crippen LogP contribution in [0.25, 0.3) is 9.69 Å². The summed E-state index contributed by atoms with van der Waals surface area (Å²) in [6, 6.07) is 35.9. The van der Waals surface area contributed by atoms with Crippen LogP contribution >= 0.6 is 58.0 Å². The van der Waals surface area contributed by atoms with Gasteiger partial charge >= 0.3 is 11.8 Å². The van der Waals surface area contributed by atoms with Gasteiger partial charge < -0.3 is 19.7 Å². The Labute approximate surface area is 534 Å². The zero-order valence-corrected chi connectivity index (χ0v) is 53.9. The maximum atomic E-state index is 12.6. The zero-order chi connectivity index (χ0) is 64.9. The third kappa shape index (κ3) is 19.4. The Morgan fingerprint density at radius 2 is 0.884 bits per heavy atom. The standard InChI is InChI=1S/C15H15ClN2O2.C15H18ClNO.C14H16ClNO.C14H15ClO2.C12H13ClO/c1-6-14(2,12-7-9-13(16)10-8-12)15(17-3,18-4)20-11-19-5;1-3-15(2,12-6-8-13(16)9-7-12)14(18)17-10-4-5-11-17;1-4-10-16-13(17)14(3,5-2)11-6-8-12(15)9-7-11;1-4-10-17-13(16)14(3,5-2)11-6-8-12(15)9-7-11;1-4-12(3,9(2)14)10-5-7-11(13)8-6-10/h6-10H,1,11H2,2,5H3;3,6-9H,1,4-5,10-11H2,2H3;4-9H,1-2,10H2,3H3,(H,16,17);4-9H,1-2,10H2,3H3;4-8H,1H2,2-3H3/t14-;15-;2*14-;12-/m00001/s1. The maximum absolute atomic E-state index is 12.6. The summed E-state index contributed by atoms with van der Waals surface area (Å²) in [5.41, 5.74) is 0.341. The van der Waals surface area contributed by atoms with Gasteiger partial charge in [0.1, 0.15) is 17.8 Å². The van der Waals surface area contributed by atoms with E-state index in [1.807, 2.05) is 74.2 Å². The predicted octanol–water partition coefficient (Wildman–Crippen LogP) is 17.3. The third-order valence-electron chi connectivity index (χ3n) is 14.8. The van der Waals surface area contributed by atoms with Gasteiger partial charge in [-0.3, -0.25) is 19.2 Å². The van der Waals surface area contributed by atoms with Gasteiger partial charge in [0.15, 0.2) is 6.79 Å². The van der Waals surface area contributed by atoms with Crippen molar-refractivity contribution in [3.63, 3.8) is 0 Å². The molecule has 5 atom stereocenters. The van der Waals surface area contributed by atoms with Crippen LogP contribution in [-0.4, -0.2) is 74.5 Å². The number of hydrogen-bond donors (Lipinski definition) is 1. The number of amides is 2. The minimum absolute atomic E-state index is 0.0785. The lowest BCUT2D eigenvalue weighted by Gasteiger charge is -2.30. The normalized spacial score (nSPS) is 14.8. The number of allylic oxidation sites excluding steroid dienone is 1. The van der Waals surface area contributed by atoms with Crippen LogP contribution in [0.1, 0.15) is 82.2 Å². The first-order valence-electron chi connectivity index (χ1n) is 27.0. The fourth-order valence-electron chi connectivity index (χ4n) is 8.37. The molecular formula is C70H77Cl5N4O7. The summed E-state index contributed by atoms with van der Waals surface area (Å²) >= 11 is 29.2. The fraction of sp³-hybridized carbons (Fsp3) is 0.286. The van der Waals surface area contributed by atoms with Crippen LogP contribution in [0, 0.1) is 13.1 Å². The number of nitrogens with one attached hydrogen (secondary N) is 1. The van der Waals surface area contributed by atoms with Gasteiger partial charge in [0.05, 0.1) is 16.2 Å². The molecule has 6 rings (SSSR count). The molecule has 1 saturated heterocycles. The zero-order valence-electron chi connectivity index (χ0n) is 50.1.